The van der Waals surface area contributed by atoms with Crippen LogP contribution < -0.4 is 0 Å². The Hall–Kier alpha value is -1.59. The summed E-state index contributed by atoms with van der Waals surface area (Å²) in [4.78, 5) is 1.39. The van der Waals surface area contributed by atoms with E-state index in [0.29, 0.717) is 5.92 Å². The first-order valence-electron chi connectivity index (χ1n) is 8.29. The topological polar surface area (TPSA) is 30.7 Å². The van der Waals surface area contributed by atoms with Crippen LogP contribution in [0.25, 0.3) is 11.4 Å². The van der Waals surface area contributed by atoms with Crippen LogP contribution in [0.15, 0.2) is 40.9 Å². The highest BCUT2D eigenvalue weighted by Crippen LogP contribution is 2.31. The number of rotatable bonds is 6. The first-order valence-corrected chi connectivity index (χ1v) is 10.2. The largest absolute Gasteiger partial charge is 0.302 e. The SMILES string of the molecule is CCn1c(SCc2ccccc2C)nnc1-c1csc(C(C)C)c1. The van der Waals surface area contributed by atoms with Crippen molar-refractivity contribution in [2.75, 3.05) is 0 Å². The Labute approximate surface area is 152 Å². The van der Waals surface area contributed by atoms with Gasteiger partial charge < -0.3 is 4.57 Å². The van der Waals surface area contributed by atoms with Gasteiger partial charge in [0, 0.05) is 28.1 Å². The van der Waals surface area contributed by atoms with Crippen LogP contribution in [0.5, 0.6) is 0 Å². The molecule has 3 aromatic rings. The standard InChI is InChI=1S/C19H23N3S2/c1-5-22-18(16-10-17(13(2)3)23-12-16)20-21-19(22)24-11-15-9-7-6-8-14(15)4/h6-10,12-13H,5,11H2,1-4H3. The van der Waals surface area contributed by atoms with Crippen LogP contribution in [-0.4, -0.2) is 14.8 Å². The van der Waals surface area contributed by atoms with Crippen LogP contribution in [0.1, 0.15) is 42.7 Å². The molecule has 0 radical (unpaired) electrons. The molecule has 2 heterocycles. The third-order valence-electron chi connectivity index (χ3n) is 4.10. The molecule has 1 aromatic carbocycles. The Kier molecular flexibility index (Phi) is 5.41. The van der Waals surface area contributed by atoms with Gasteiger partial charge in [-0.25, -0.2) is 0 Å². The third-order valence-corrected chi connectivity index (χ3v) is 6.35. The number of aromatic nitrogens is 3. The molecule has 0 spiro atoms. The minimum absolute atomic E-state index is 0.552. The molecular formula is C19H23N3S2. The maximum atomic E-state index is 4.46. The summed E-state index contributed by atoms with van der Waals surface area (Å²) >= 11 is 3.57. The average molecular weight is 358 g/mol. The van der Waals surface area contributed by atoms with Gasteiger partial charge in [0.25, 0.3) is 0 Å². The van der Waals surface area contributed by atoms with Crippen molar-refractivity contribution in [3.8, 4) is 11.4 Å². The van der Waals surface area contributed by atoms with E-state index >= 15 is 0 Å². The molecule has 0 N–H and O–H groups in total. The number of nitrogens with zero attached hydrogens (tertiary/aromatic N) is 3. The summed E-state index contributed by atoms with van der Waals surface area (Å²) in [7, 11) is 0. The van der Waals surface area contributed by atoms with Crippen molar-refractivity contribution in [2.24, 2.45) is 0 Å². The molecule has 0 saturated carbocycles. The van der Waals surface area contributed by atoms with E-state index in [9.17, 15) is 0 Å². The predicted molar refractivity (Wildman–Crippen MR) is 104 cm³/mol. The molecule has 126 valence electrons. The second-order valence-corrected chi connectivity index (χ2v) is 8.04. The molecule has 0 amide bonds. The van der Waals surface area contributed by atoms with Crippen molar-refractivity contribution in [3.05, 3.63) is 51.7 Å². The molecule has 0 aliphatic carbocycles. The van der Waals surface area contributed by atoms with E-state index in [1.807, 2.05) is 0 Å². The molecule has 2 aromatic heterocycles. The van der Waals surface area contributed by atoms with Gasteiger partial charge in [-0.15, -0.1) is 21.5 Å². The molecule has 0 bridgehead atoms. The fraction of sp³-hybridized carbons (Fsp3) is 0.368. The van der Waals surface area contributed by atoms with Crippen LogP contribution in [0, 0.1) is 6.92 Å². The quantitative estimate of drug-likeness (QED) is 0.526. The summed E-state index contributed by atoms with van der Waals surface area (Å²) in [6, 6.07) is 10.8. The van der Waals surface area contributed by atoms with E-state index < -0.39 is 0 Å². The molecule has 0 aliphatic heterocycles. The zero-order valence-corrected chi connectivity index (χ0v) is 16.2. The minimum Gasteiger partial charge on any atom is -0.302 e. The number of benzene rings is 1. The molecule has 0 saturated heterocycles. The maximum Gasteiger partial charge on any atom is 0.191 e. The Morgan fingerprint density at radius 3 is 2.67 bits per heavy atom. The summed E-state index contributed by atoms with van der Waals surface area (Å²) in [6.07, 6.45) is 0. The van der Waals surface area contributed by atoms with Crippen LogP contribution in [0.3, 0.4) is 0 Å². The van der Waals surface area contributed by atoms with Crippen LogP contribution in [-0.2, 0) is 12.3 Å². The average Bonchev–Trinajstić information content (AvgIpc) is 3.20. The molecule has 0 aliphatic rings. The Morgan fingerprint density at radius 1 is 1.21 bits per heavy atom. The van der Waals surface area contributed by atoms with Gasteiger partial charge in [-0.2, -0.15) is 0 Å². The summed E-state index contributed by atoms with van der Waals surface area (Å²) in [6.45, 7) is 9.64. The smallest absolute Gasteiger partial charge is 0.191 e. The van der Waals surface area contributed by atoms with E-state index in [1.165, 1.54) is 21.6 Å². The molecule has 0 atom stereocenters. The first-order chi connectivity index (χ1) is 11.6. The van der Waals surface area contributed by atoms with E-state index in [2.05, 4.69) is 78.2 Å². The molecule has 3 rings (SSSR count). The normalized spacial score (nSPS) is 11.4. The summed E-state index contributed by atoms with van der Waals surface area (Å²) in [5.41, 5.74) is 3.86. The number of thiophene rings is 1. The van der Waals surface area contributed by atoms with Crippen molar-refractivity contribution in [1.82, 2.24) is 14.8 Å². The van der Waals surface area contributed by atoms with Gasteiger partial charge in [-0.1, -0.05) is 49.9 Å². The highest BCUT2D eigenvalue weighted by Gasteiger charge is 2.15. The summed E-state index contributed by atoms with van der Waals surface area (Å²) in [5.74, 6) is 2.45. The molecule has 3 nitrogen and oxygen atoms in total. The highest BCUT2D eigenvalue weighted by molar-refractivity contribution is 7.98. The van der Waals surface area contributed by atoms with E-state index in [-0.39, 0.29) is 0 Å². The third kappa shape index (κ3) is 3.57. The number of hydrogen-bond donors (Lipinski definition) is 0. The first kappa shape index (κ1) is 17.2. The van der Waals surface area contributed by atoms with Crippen molar-refractivity contribution in [3.63, 3.8) is 0 Å². The van der Waals surface area contributed by atoms with Gasteiger partial charge in [0.05, 0.1) is 0 Å². The van der Waals surface area contributed by atoms with Crippen molar-refractivity contribution in [2.45, 2.75) is 51.1 Å². The lowest BCUT2D eigenvalue weighted by atomic mass is 10.1. The lowest BCUT2D eigenvalue weighted by Gasteiger charge is -2.07. The van der Waals surface area contributed by atoms with Gasteiger partial charge in [0.1, 0.15) is 0 Å². The van der Waals surface area contributed by atoms with Gasteiger partial charge in [-0.3, -0.25) is 0 Å². The number of thioether (sulfide) groups is 1. The zero-order valence-electron chi connectivity index (χ0n) is 14.6. The van der Waals surface area contributed by atoms with Crippen molar-refractivity contribution >= 4 is 23.1 Å². The molecule has 5 heteroatoms. The fourth-order valence-corrected chi connectivity index (χ4v) is 4.56. The second-order valence-electron chi connectivity index (χ2n) is 6.16. The second kappa shape index (κ2) is 7.53. The Balaban J connectivity index is 1.82. The molecule has 24 heavy (non-hydrogen) atoms. The van der Waals surface area contributed by atoms with Crippen molar-refractivity contribution < 1.29 is 0 Å². The van der Waals surface area contributed by atoms with Gasteiger partial charge >= 0.3 is 0 Å². The van der Waals surface area contributed by atoms with Crippen molar-refractivity contribution in [1.29, 1.82) is 0 Å². The Morgan fingerprint density at radius 2 is 2.00 bits per heavy atom. The van der Waals surface area contributed by atoms with Crippen LogP contribution >= 0.6 is 23.1 Å². The van der Waals surface area contributed by atoms with Gasteiger partial charge in [0.15, 0.2) is 11.0 Å². The maximum absolute atomic E-state index is 4.46. The lowest BCUT2D eigenvalue weighted by Crippen LogP contribution is -1.99. The fourth-order valence-electron chi connectivity index (χ4n) is 2.58. The minimum atomic E-state index is 0.552. The van der Waals surface area contributed by atoms with Gasteiger partial charge in [-0.05, 0) is 37.0 Å². The van der Waals surface area contributed by atoms with Crippen LogP contribution in [0.2, 0.25) is 0 Å². The number of aryl methyl sites for hydroxylation is 1. The van der Waals surface area contributed by atoms with E-state index in [0.717, 1.165) is 23.3 Å². The van der Waals surface area contributed by atoms with E-state index in [4.69, 9.17) is 0 Å². The monoisotopic (exact) mass is 357 g/mol. The van der Waals surface area contributed by atoms with E-state index in [1.54, 1.807) is 23.1 Å². The molecule has 0 unspecified atom stereocenters. The summed E-state index contributed by atoms with van der Waals surface area (Å²) < 4.78 is 2.22. The Bertz CT molecular complexity index is 818. The molecule has 0 fully saturated rings. The zero-order chi connectivity index (χ0) is 17.1. The lowest BCUT2D eigenvalue weighted by molar-refractivity contribution is 0.687. The molecular weight excluding hydrogens is 334 g/mol. The summed E-state index contributed by atoms with van der Waals surface area (Å²) in [5, 5.41) is 12.1. The highest BCUT2D eigenvalue weighted by atomic mass is 32.2. The predicted octanol–water partition coefficient (Wildman–Crippen LogP) is 5.75. The van der Waals surface area contributed by atoms with Gasteiger partial charge in [0.2, 0.25) is 0 Å². The van der Waals surface area contributed by atoms with Crippen LogP contribution in [0.4, 0.5) is 0 Å². The number of hydrogen-bond acceptors (Lipinski definition) is 4.